The molecule has 2 amide bonds. The molecule has 246 valence electrons. The van der Waals surface area contributed by atoms with Gasteiger partial charge in [-0.25, -0.2) is 14.7 Å². The number of H-pyrrole nitrogens is 1. The third kappa shape index (κ3) is 7.71. The van der Waals surface area contributed by atoms with Gasteiger partial charge in [-0.15, -0.1) is 0 Å². The minimum Gasteiger partial charge on any atom is -0.452 e. The number of nitrogens with zero attached hydrogens (tertiary/aromatic N) is 2. The third-order valence-electron chi connectivity index (χ3n) is 8.81. The van der Waals surface area contributed by atoms with E-state index in [1.807, 2.05) is 97.2 Å². The SMILES string of the molecule is COC(=O)N(C(=O)[C@@H](N)C(c1ccccc1)c1ccccc1)c1ccccc1CC[C@@H]1CN[C@H](c2ncc(Cc3ccccc3)[nH]2)CO1. The van der Waals surface area contributed by atoms with Crippen molar-refractivity contribution in [2.75, 3.05) is 25.2 Å². The summed E-state index contributed by atoms with van der Waals surface area (Å²) in [7, 11) is 1.27. The lowest BCUT2D eigenvalue weighted by Gasteiger charge is -2.31. The zero-order chi connectivity index (χ0) is 33.3. The Morgan fingerprint density at radius 3 is 2.17 bits per heavy atom. The van der Waals surface area contributed by atoms with Crippen molar-refractivity contribution < 1.29 is 19.1 Å². The molecule has 9 nitrogen and oxygen atoms in total. The number of benzene rings is 4. The lowest BCUT2D eigenvalue weighted by Crippen LogP contribution is -2.50. The number of imidazole rings is 1. The van der Waals surface area contributed by atoms with Crippen LogP contribution in [0, 0.1) is 0 Å². The van der Waals surface area contributed by atoms with Crippen LogP contribution in [0.4, 0.5) is 10.5 Å². The van der Waals surface area contributed by atoms with Gasteiger partial charge in [0.05, 0.1) is 37.6 Å². The van der Waals surface area contributed by atoms with Crippen molar-refractivity contribution in [1.29, 1.82) is 0 Å². The predicted molar refractivity (Wildman–Crippen MR) is 186 cm³/mol. The molecule has 1 fully saturated rings. The molecule has 4 N–H and O–H groups in total. The standard InChI is InChI=1S/C39H41N5O4/c1-47-39(46)44(38(45)36(40)35(29-16-7-3-8-17-29)30-18-9-4-10-19-30)34-20-12-11-15-28(34)21-22-32-25-41-33(26-48-32)37-42-24-31(43-37)23-27-13-5-2-6-14-27/h2-20,24,32-33,35-36,41H,21-23,25-26,40H2,1H3,(H,42,43)/t32-,33+,36+/m1/s1. The predicted octanol–water partition coefficient (Wildman–Crippen LogP) is 5.92. The largest absolute Gasteiger partial charge is 0.452 e. The molecule has 48 heavy (non-hydrogen) atoms. The summed E-state index contributed by atoms with van der Waals surface area (Å²) in [6.07, 6.45) is 3.09. The van der Waals surface area contributed by atoms with Crippen LogP contribution in [0.5, 0.6) is 0 Å². The number of carbonyl (C=O) groups is 2. The lowest BCUT2D eigenvalue weighted by molar-refractivity contribution is -0.119. The fraction of sp³-hybridized carbons (Fsp3) is 0.256. The van der Waals surface area contributed by atoms with Gasteiger partial charge < -0.3 is 25.5 Å². The summed E-state index contributed by atoms with van der Waals surface area (Å²) in [4.78, 5) is 36.6. The van der Waals surface area contributed by atoms with Crippen molar-refractivity contribution in [2.24, 2.45) is 5.73 Å². The van der Waals surface area contributed by atoms with Gasteiger partial charge in [-0.05, 0) is 41.2 Å². The Morgan fingerprint density at radius 1 is 0.917 bits per heavy atom. The molecule has 0 aliphatic carbocycles. The van der Waals surface area contributed by atoms with Crippen LogP contribution >= 0.6 is 0 Å². The Bertz CT molecular complexity index is 1730. The van der Waals surface area contributed by atoms with Gasteiger partial charge >= 0.3 is 6.09 Å². The van der Waals surface area contributed by atoms with E-state index in [4.69, 9.17) is 15.2 Å². The molecular weight excluding hydrogens is 602 g/mol. The topological polar surface area (TPSA) is 123 Å². The number of carbonyl (C=O) groups excluding carboxylic acids is 2. The van der Waals surface area contributed by atoms with Crippen molar-refractivity contribution >= 4 is 17.7 Å². The summed E-state index contributed by atoms with van der Waals surface area (Å²) in [5, 5.41) is 3.57. The maximum Gasteiger partial charge on any atom is 0.420 e. The van der Waals surface area contributed by atoms with Crippen LogP contribution in [-0.2, 0) is 27.1 Å². The van der Waals surface area contributed by atoms with E-state index in [1.165, 1.54) is 12.7 Å². The van der Waals surface area contributed by atoms with E-state index in [1.54, 1.807) is 12.1 Å². The van der Waals surface area contributed by atoms with Gasteiger partial charge in [0.1, 0.15) is 5.82 Å². The summed E-state index contributed by atoms with van der Waals surface area (Å²) in [6.45, 7) is 1.12. The first kappa shape index (κ1) is 32.8. The van der Waals surface area contributed by atoms with Crippen molar-refractivity contribution in [3.05, 3.63) is 155 Å². The Hall–Kier alpha value is -5.09. The molecule has 1 saturated heterocycles. The second-order valence-corrected chi connectivity index (χ2v) is 12.0. The van der Waals surface area contributed by atoms with E-state index in [0.29, 0.717) is 31.7 Å². The molecule has 2 heterocycles. The van der Waals surface area contributed by atoms with Crippen molar-refractivity contribution in [3.63, 3.8) is 0 Å². The number of rotatable bonds is 11. The number of aryl methyl sites for hydroxylation is 1. The third-order valence-corrected chi connectivity index (χ3v) is 8.81. The number of anilines is 1. The minimum atomic E-state index is -1.06. The molecule has 1 aliphatic heterocycles. The zero-order valence-corrected chi connectivity index (χ0v) is 27.0. The molecule has 3 atom stereocenters. The molecule has 4 aromatic carbocycles. The molecule has 0 saturated carbocycles. The van der Waals surface area contributed by atoms with Gasteiger partial charge in [-0.2, -0.15) is 0 Å². The number of nitrogens with one attached hydrogen (secondary N) is 2. The van der Waals surface area contributed by atoms with Crippen molar-refractivity contribution in [2.45, 2.75) is 43.4 Å². The number of morpholine rings is 1. The van der Waals surface area contributed by atoms with Crippen LogP contribution in [0.1, 0.15) is 52.2 Å². The molecule has 1 aliphatic rings. The number of para-hydroxylation sites is 1. The summed E-state index contributed by atoms with van der Waals surface area (Å²) in [5.74, 6) is -0.162. The van der Waals surface area contributed by atoms with Crippen LogP contribution < -0.4 is 16.0 Å². The Labute approximate surface area is 281 Å². The van der Waals surface area contributed by atoms with Gasteiger partial charge in [-0.3, -0.25) is 4.79 Å². The molecule has 5 aromatic rings. The fourth-order valence-corrected chi connectivity index (χ4v) is 6.32. The highest BCUT2D eigenvalue weighted by molar-refractivity contribution is 6.15. The molecule has 0 spiro atoms. The molecule has 9 heteroatoms. The highest BCUT2D eigenvalue weighted by Gasteiger charge is 2.36. The lowest BCUT2D eigenvalue weighted by atomic mass is 9.84. The first-order valence-electron chi connectivity index (χ1n) is 16.3. The average molecular weight is 644 g/mol. The summed E-state index contributed by atoms with van der Waals surface area (Å²) >= 11 is 0. The van der Waals surface area contributed by atoms with E-state index in [2.05, 4.69) is 27.4 Å². The highest BCUT2D eigenvalue weighted by atomic mass is 16.5. The molecule has 6 rings (SSSR count). The van der Waals surface area contributed by atoms with Gasteiger partial charge in [0.25, 0.3) is 5.91 Å². The maximum atomic E-state index is 14.2. The van der Waals surface area contributed by atoms with E-state index in [9.17, 15) is 9.59 Å². The first-order chi connectivity index (χ1) is 23.5. The van der Waals surface area contributed by atoms with E-state index >= 15 is 0 Å². The maximum absolute atomic E-state index is 14.2. The molecular formula is C39H41N5O4. The Morgan fingerprint density at radius 2 is 1.54 bits per heavy atom. The van der Waals surface area contributed by atoms with Crippen LogP contribution in [0.2, 0.25) is 0 Å². The van der Waals surface area contributed by atoms with Crippen LogP contribution in [0.25, 0.3) is 0 Å². The quantitative estimate of drug-likeness (QED) is 0.163. The molecule has 0 unspecified atom stereocenters. The summed E-state index contributed by atoms with van der Waals surface area (Å²) in [6, 6.07) is 35.9. The average Bonchev–Trinajstić information content (AvgIpc) is 3.61. The normalized spacial score (nSPS) is 16.7. The monoisotopic (exact) mass is 643 g/mol. The van der Waals surface area contributed by atoms with Crippen LogP contribution in [0.15, 0.2) is 121 Å². The first-order valence-corrected chi connectivity index (χ1v) is 16.3. The summed E-state index contributed by atoms with van der Waals surface area (Å²) < 4.78 is 11.4. The number of nitrogens with two attached hydrogens (primary N) is 1. The number of hydrogen-bond donors (Lipinski definition) is 3. The number of ether oxygens (including phenoxy) is 2. The summed E-state index contributed by atoms with van der Waals surface area (Å²) in [5.41, 5.74) is 12.1. The van der Waals surface area contributed by atoms with Gasteiger partial charge in [0.15, 0.2) is 0 Å². The van der Waals surface area contributed by atoms with Gasteiger partial charge in [0.2, 0.25) is 0 Å². The van der Waals surface area contributed by atoms with Crippen LogP contribution in [-0.4, -0.2) is 54.4 Å². The van der Waals surface area contributed by atoms with Gasteiger partial charge in [-0.1, -0.05) is 109 Å². The Kier molecular flexibility index (Phi) is 10.7. The number of amides is 2. The number of hydrogen-bond acceptors (Lipinski definition) is 7. The van der Waals surface area contributed by atoms with Crippen molar-refractivity contribution in [1.82, 2.24) is 15.3 Å². The zero-order valence-electron chi connectivity index (χ0n) is 27.0. The highest BCUT2D eigenvalue weighted by Crippen LogP contribution is 2.31. The number of aromatic amines is 1. The number of methoxy groups -OCH3 is 1. The van der Waals surface area contributed by atoms with Crippen LogP contribution in [0.3, 0.4) is 0 Å². The molecule has 1 aromatic heterocycles. The van der Waals surface area contributed by atoms with E-state index in [-0.39, 0.29) is 12.1 Å². The fourth-order valence-electron chi connectivity index (χ4n) is 6.32. The van der Waals surface area contributed by atoms with E-state index < -0.39 is 24.0 Å². The molecule has 0 radical (unpaired) electrons. The molecule has 0 bridgehead atoms. The van der Waals surface area contributed by atoms with Crippen molar-refractivity contribution in [3.8, 4) is 0 Å². The second kappa shape index (κ2) is 15.7. The second-order valence-electron chi connectivity index (χ2n) is 12.0. The Balaban J connectivity index is 1.13. The van der Waals surface area contributed by atoms with Gasteiger partial charge in [0, 0.05) is 30.8 Å². The number of imide groups is 1. The minimum absolute atomic E-state index is 0.0332. The number of aromatic nitrogens is 2. The smallest absolute Gasteiger partial charge is 0.420 e. The van der Waals surface area contributed by atoms with E-state index in [0.717, 1.165) is 39.5 Å².